The van der Waals surface area contributed by atoms with Crippen LogP contribution in [0.3, 0.4) is 0 Å². The number of furan rings is 1. The maximum Gasteiger partial charge on any atom is 0.307 e. The maximum absolute atomic E-state index is 13.1. The SMILES string of the molecule is COc1cc(/C=N\NC(=O)c2cc3cc(Br)cc(Br)c3o2)cc(I)c1OCc1ccc(F)cc1. The van der Waals surface area contributed by atoms with Gasteiger partial charge in [-0.2, -0.15) is 5.10 Å². The first kappa shape index (κ1) is 24.7. The molecule has 3 aromatic carbocycles. The summed E-state index contributed by atoms with van der Waals surface area (Å²) < 4.78 is 32.5. The van der Waals surface area contributed by atoms with Crippen LogP contribution in [0.2, 0.25) is 0 Å². The molecular formula is C24H16Br2FIN2O4. The summed E-state index contributed by atoms with van der Waals surface area (Å²) in [5, 5.41) is 4.82. The van der Waals surface area contributed by atoms with Gasteiger partial charge in [0.05, 0.1) is 21.4 Å². The highest BCUT2D eigenvalue weighted by molar-refractivity contribution is 14.1. The van der Waals surface area contributed by atoms with Crippen molar-refractivity contribution >= 4 is 77.5 Å². The molecule has 0 fully saturated rings. The number of carbonyl (C=O) groups is 1. The number of nitrogens with zero attached hydrogens (tertiary/aromatic N) is 1. The largest absolute Gasteiger partial charge is 0.493 e. The van der Waals surface area contributed by atoms with Crippen molar-refractivity contribution in [2.75, 3.05) is 7.11 Å². The molecule has 1 amide bonds. The van der Waals surface area contributed by atoms with Crippen molar-refractivity contribution in [2.45, 2.75) is 6.61 Å². The predicted molar refractivity (Wildman–Crippen MR) is 143 cm³/mol. The first-order chi connectivity index (χ1) is 16.3. The molecule has 0 aliphatic carbocycles. The van der Waals surface area contributed by atoms with E-state index in [1.807, 2.05) is 18.2 Å². The molecule has 4 rings (SSSR count). The first-order valence-electron chi connectivity index (χ1n) is 9.81. The van der Waals surface area contributed by atoms with E-state index < -0.39 is 5.91 Å². The summed E-state index contributed by atoms with van der Waals surface area (Å²) in [5.74, 6) is 0.439. The Morgan fingerprint density at radius 2 is 1.94 bits per heavy atom. The molecule has 0 saturated heterocycles. The van der Waals surface area contributed by atoms with Crippen LogP contribution in [0, 0.1) is 9.39 Å². The lowest BCUT2D eigenvalue weighted by Gasteiger charge is -2.13. The van der Waals surface area contributed by atoms with Crippen LogP contribution >= 0.6 is 54.5 Å². The molecule has 1 N–H and O–H groups in total. The predicted octanol–water partition coefficient (Wildman–Crippen LogP) is 7.05. The van der Waals surface area contributed by atoms with Gasteiger partial charge < -0.3 is 13.9 Å². The van der Waals surface area contributed by atoms with E-state index in [1.54, 1.807) is 24.3 Å². The van der Waals surface area contributed by atoms with E-state index in [0.29, 0.717) is 22.6 Å². The minimum atomic E-state index is -0.476. The van der Waals surface area contributed by atoms with E-state index in [9.17, 15) is 9.18 Å². The fraction of sp³-hybridized carbons (Fsp3) is 0.0833. The summed E-state index contributed by atoms with van der Waals surface area (Å²) in [4.78, 5) is 12.5. The lowest BCUT2D eigenvalue weighted by atomic mass is 10.2. The number of amides is 1. The molecule has 0 aliphatic rings. The molecule has 0 bridgehead atoms. The fourth-order valence-electron chi connectivity index (χ4n) is 3.10. The minimum absolute atomic E-state index is 0.141. The van der Waals surface area contributed by atoms with Crippen LogP contribution in [-0.2, 0) is 6.61 Å². The number of halogens is 4. The zero-order valence-electron chi connectivity index (χ0n) is 17.6. The third-order valence-electron chi connectivity index (χ3n) is 4.69. The average Bonchev–Trinajstić information content (AvgIpc) is 3.23. The lowest BCUT2D eigenvalue weighted by Crippen LogP contribution is -2.16. The van der Waals surface area contributed by atoms with Crippen LogP contribution in [0.5, 0.6) is 11.5 Å². The third kappa shape index (κ3) is 5.78. The van der Waals surface area contributed by atoms with Crippen molar-refractivity contribution in [2.24, 2.45) is 5.10 Å². The van der Waals surface area contributed by atoms with E-state index in [4.69, 9.17) is 13.9 Å². The van der Waals surface area contributed by atoms with Gasteiger partial charge >= 0.3 is 5.91 Å². The van der Waals surface area contributed by atoms with Gasteiger partial charge in [-0.3, -0.25) is 4.79 Å². The summed E-state index contributed by atoms with van der Waals surface area (Å²) in [5.41, 5.74) is 4.58. The lowest BCUT2D eigenvalue weighted by molar-refractivity contribution is 0.0929. The average molecular weight is 702 g/mol. The number of methoxy groups -OCH3 is 1. The summed E-state index contributed by atoms with van der Waals surface area (Å²) in [7, 11) is 1.54. The Kier molecular flexibility index (Phi) is 7.89. The Labute approximate surface area is 224 Å². The maximum atomic E-state index is 13.1. The second-order valence-electron chi connectivity index (χ2n) is 7.06. The molecule has 174 valence electrons. The van der Waals surface area contributed by atoms with Crippen molar-refractivity contribution in [1.82, 2.24) is 5.43 Å². The number of fused-ring (bicyclic) bond motifs is 1. The summed E-state index contributed by atoms with van der Waals surface area (Å²) >= 11 is 8.97. The highest BCUT2D eigenvalue weighted by Gasteiger charge is 2.15. The van der Waals surface area contributed by atoms with Crippen LogP contribution in [0.4, 0.5) is 4.39 Å². The number of nitrogens with one attached hydrogen (secondary N) is 1. The number of hydrogen-bond donors (Lipinski definition) is 1. The van der Waals surface area contributed by atoms with E-state index in [1.165, 1.54) is 25.5 Å². The molecular weight excluding hydrogens is 686 g/mol. The van der Waals surface area contributed by atoms with Gasteiger partial charge in [0.25, 0.3) is 0 Å². The van der Waals surface area contributed by atoms with Crippen LogP contribution in [0.1, 0.15) is 21.7 Å². The molecule has 6 nitrogen and oxygen atoms in total. The van der Waals surface area contributed by atoms with Crippen LogP contribution in [-0.4, -0.2) is 19.2 Å². The molecule has 0 atom stereocenters. The molecule has 4 aromatic rings. The number of hydrazone groups is 1. The van der Waals surface area contributed by atoms with Crippen LogP contribution < -0.4 is 14.9 Å². The molecule has 0 unspecified atom stereocenters. The highest BCUT2D eigenvalue weighted by Crippen LogP contribution is 2.34. The Morgan fingerprint density at radius 1 is 1.18 bits per heavy atom. The monoisotopic (exact) mass is 700 g/mol. The molecule has 0 spiro atoms. The van der Waals surface area contributed by atoms with Crippen molar-refractivity contribution in [3.63, 3.8) is 0 Å². The van der Waals surface area contributed by atoms with E-state index >= 15 is 0 Å². The number of benzene rings is 3. The molecule has 10 heteroatoms. The van der Waals surface area contributed by atoms with Crippen molar-refractivity contribution in [1.29, 1.82) is 0 Å². The van der Waals surface area contributed by atoms with E-state index in [-0.39, 0.29) is 18.2 Å². The Morgan fingerprint density at radius 3 is 2.68 bits per heavy atom. The van der Waals surface area contributed by atoms with Gasteiger partial charge in [0.15, 0.2) is 17.3 Å². The van der Waals surface area contributed by atoms with Gasteiger partial charge in [-0.25, -0.2) is 9.82 Å². The normalized spacial score (nSPS) is 11.2. The fourth-order valence-corrected chi connectivity index (χ4v) is 5.22. The van der Waals surface area contributed by atoms with Crippen molar-refractivity contribution in [3.05, 3.63) is 89.8 Å². The summed E-state index contributed by atoms with van der Waals surface area (Å²) in [6, 6.07) is 15.0. The van der Waals surface area contributed by atoms with Crippen molar-refractivity contribution in [3.8, 4) is 11.5 Å². The van der Waals surface area contributed by atoms with Gasteiger partial charge in [0.2, 0.25) is 0 Å². The molecule has 0 radical (unpaired) electrons. The van der Waals surface area contributed by atoms with Gasteiger partial charge in [-0.15, -0.1) is 0 Å². The van der Waals surface area contributed by atoms with Gasteiger partial charge in [-0.1, -0.05) is 28.1 Å². The first-order valence-corrected chi connectivity index (χ1v) is 12.5. The molecule has 1 heterocycles. The molecule has 0 aliphatic heterocycles. The standard InChI is InChI=1S/C24H16Br2FIN2O4/c1-32-20-7-14(6-19(28)23(20)33-12-13-2-4-17(27)5-3-13)11-29-30-24(31)21-9-15-8-16(25)10-18(26)22(15)34-21/h2-11H,12H2,1H3,(H,30,31)/b29-11-. The van der Waals surface area contributed by atoms with Gasteiger partial charge in [0, 0.05) is 9.86 Å². The Bertz CT molecular complexity index is 1390. The minimum Gasteiger partial charge on any atom is -0.493 e. The van der Waals surface area contributed by atoms with E-state index in [2.05, 4.69) is 65.0 Å². The zero-order valence-corrected chi connectivity index (χ0v) is 22.9. The van der Waals surface area contributed by atoms with Gasteiger partial charge in [-0.05, 0) is 92.1 Å². The molecule has 34 heavy (non-hydrogen) atoms. The zero-order chi connectivity index (χ0) is 24.2. The number of hydrogen-bond acceptors (Lipinski definition) is 5. The summed E-state index contributed by atoms with van der Waals surface area (Å²) in [6.07, 6.45) is 1.50. The Balaban J connectivity index is 1.45. The van der Waals surface area contributed by atoms with E-state index in [0.717, 1.165) is 23.5 Å². The number of carbonyl (C=O) groups excluding carboxylic acids is 1. The highest BCUT2D eigenvalue weighted by atomic mass is 127. The third-order valence-corrected chi connectivity index (χ3v) is 6.54. The topological polar surface area (TPSA) is 73.1 Å². The molecule has 1 aromatic heterocycles. The van der Waals surface area contributed by atoms with Gasteiger partial charge in [0.1, 0.15) is 18.0 Å². The smallest absolute Gasteiger partial charge is 0.307 e. The van der Waals surface area contributed by atoms with Crippen LogP contribution in [0.25, 0.3) is 11.0 Å². The molecule has 0 saturated carbocycles. The number of rotatable bonds is 7. The number of ether oxygens (including phenoxy) is 2. The Hall–Kier alpha value is -2.44. The van der Waals surface area contributed by atoms with Crippen LogP contribution in [0.15, 0.2) is 73.1 Å². The quantitative estimate of drug-likeness (QED) is 0.127. The second-order valence-corrected chi connectivity index (χ2v) is 10.00. The summed E-state index contributed by atoms with van der Waals surface area (Å²) in [6.45, 7) is 0.264. The van der Waals surface area contributed by atoms with Crippen molar-refractivity contribution < 1.29 is 23.1 Å². The second kappa shape index (κ2) is 10.9.